The summed E-state index contributed by atoms with van der Waals surface area (Å²) in [5.41, 5.74) is 0.962. The second kappa shape index (κ2) is 6.26. The fraction of sp³-hybridized carbons (Fsp3) is 0.467. The Hall–Kier alpha value is -1.60. The second-order valence-corrected chi connectivity index (χ2v) is 6.20. The van der Waals surface area contributed by atoms with Crippen LogP contribution < -0.4 is 4.74 Å². The van der Waals surface area contributed by atoms with Gasteiger partial charge in [-0.05, 0) is 25.1 Å². The molecule has 1 atom stereocenters. The number of morpholine rings is 1. The molecule has 0 bridgehead atoms. The van der Waals surface area contributed by atoms with Gasteiger partial charge in [0.25, 0.3) is 5.91 Å². The number of rotatable bonds is 3. The molecule has 1 amide bonds. The molecule has 2 heterocycles. The molecule has 1 fully saturated rings. The first-order valence-corrected chi connectivity index (χ1v) is 8.01. The number of carbonyl (C=O) groups excluding carboxylic acids is 1. The van der Waals surface area contributed by atoms with Crippen molar-refractivity contribution in [3.63, 3.8) is 0 Å². The monoisotopic (exact) mass is 367 g/mol. The van der Waals surface area contributed by atoms with Crippen LogP contribution in [-0.4, -0.2) is 53.0 Å². The molecule has 6 nitrogen and oxygen atoms in total. The lowest BCUT2D eigenvalue weighted by atomic mass is 10.2. The van der Waals surface area contributed by atoms with Crippen LogP contribution >= 0.6 is 15.9 Å². The first kappa shape index (κ1) is 15.3. The first-order valence-electron chi connectivity index (χ1n) is 7.21. The molecule has 1 aromatic carbocycles. The van der Waals surface area contributed by atoms with Crippen molar-refractivity contribution in [2.75, 3.05) is 26.3 Å². The van der Waals surface area contributed by atoms with Crippen LogP contribution in [0, 0.1) is 0 Å². The minimum absolute atomic E-state index is 0.0305. The third-order valence-electron chi connectivity index (χ3n) is 3.74. The van der Waals surface area contributed by atoms with E-state index in [0.717, 1.165) is 15.4 Å². The lowest BCUT2D eigenvalue weighted by molar-refractivity contribution is -0.142. The van der Waals surface area contributed by atoms with Crippen LogP contribution in [0.1, 0.15) is 6.92 Å². The van der Waals surface area contributed by atoms with Crippen molar-refractivity contribution in [3.05, 3.63) is 22.7 Å². The van der Waals surface area contributed by atoms with Crippen LogP contribution in [0.3, 0.4) is 0 Å². The highest BCUT2D eigenvalue weighted by atomic mass is 79.9. The zero-order valence-corrected chi connectivity index (χ0v) is 14.2. The topological polar surface area (TPSA) is 56.6 Å². The van der Waals surface area contributed by atoms with Gasteiger partial charge in [0.1, 0.15) is 0 Å². The Morgan fingerprint density at radius 2 is 2.14 bits per heavy atom. The standard InChI is InChI=1S/C15H18BrN3O3/c1-10(15(20)19-5-7-21-8-6-19)22-14-12-9-11(16)3-4-13(12)18(2)17-14/h3-4,9-10H,5-8H2,1-2H3/t10-/m0/s1. The number of fused-ring (bicyclic) bond motifs is 1. The molecule has 0 N–H and O–H groups in total. The third-order valence-corrected chi connectivity index (χ3v) is 4.23. The van der Waals surface area contributed by atoms with Gasteiger partial charge in [0, 0.05) is 24.6 Å². The van der Waals surface area contributed by atoms with Gasteiger partial charge in [0.05, 0.1) is 24.1 Å². The summed E-state index contributed by atoms with van der Waals surface area (Å²) in [5, 5.41) is 5.26. The van der Waals surface area contributed by atoms with Crippen molar-refractivity contribution in [3.8, 4) is 5.88 Å². The van der Waals surface area contributed by atoms with Gasteiger partial charge < -0.3 is 14.4 Å². The molecule has 0 saturated carbocycles. The Morgan fingerprint density at radius 1 is 1.41 bits per heavy atom. The first-order chi connectivity index (χ1) is 10.6. The normalized spacial score (nSPS) is 16.8. The molecular formula is C15H18BrN3O3. The second-order valence-electron chi connectivity index (χ2n) is 5.29. The molecule has 3 rings (SSSR count). The van der Waals surface area contributed by atoms with Crippen LogP contribution in [0.4, 0.5) is 0 Å². The number of aryl methyl sites for hydroxylation is 1. The smallest absolute Gasteiger partial charge is 0.263 e. The summed E-state index contributed by atoms with van der Waals surface area (Å²) in [6, 6.07) is 5.87. The van der Waals surface area contributed by atoms with E-state index in [-0.39, 0.29) is 5.91 Å². The lowest BCUT2D eigenvalue weighted by Crippen LogP contribution is -2.46. The van der Waals surface area contributed by atoms with Crippen molar-refractivity contribution in [1.29, 1.82) is 0 Å². The molecule has 2 aromatic rings. The number of hydrogen-bond donors (Lipinski definition) is 0. The fourth-order valence-electron chi connectivity index (χ4n) is 2.55. The van der Waals surface area contributed by atoms with Crippen LogP contribution in [0.2, 0.25) is 0 Å². The Balaban J connectivity index is 1.80. The molecule has 0 spiro atoms. The average molecular weight is 368 g/mol. The molecule has 0 aliphatic carbocycles. The summed E-state index contributed by atoms with van der Waals surface area (Å²) < 4.78 is 13.8. The quantitative estimate of drug-likeness (QED) is 0.831. The molecule has 1 aliphatic heterocycles. The molecule has 7 heteroatoms. The number of ether oxygens (including phenoxy) is 2. The Bertz CT molecular complexity index is 695. The van der Waals surface area contributed by atoms with E-state index in [1.54, 1.807) is 16.5 Å². The van der Waals surface area contributed by atoms with Gasteiger partial charge in [-0.15, -0.1) is 5.10 Å². The van der Waals surface area contributed by atoms with E-state index in [1.807, 2.05) is 25.2 Å². The van der Waals surface area contributed by atoms with E-state index in [9.17, 15) is 4.79 Å². The molecule has 0 unspecified atom stereocenters. The minimum atomic E-state index is -0.574. The van der Waals surface area contributed by atoms with Gasteiger partial charge in [-0.25, -0.2) is 0 Å². The van der Waals surface area contributed by atoms with E-state index in [2.05, 4.69) is 21.0 Å². The van der Waals surface area contributed by atoms with E-state index in [4.69, 9.17) is 9.47 Å². The summed E-state index contributed by atoms with van der Waals surface area (Å²) in [7, 11) is 1.86. The largest absolute Gasteiger partial charge is 0.463 e. The van der Waals surface area contributed by atoms with Gasteiger partial charge >= 0.3 is 0 Å². The zero-order valence-electron chi connectivity index (χ0n) is 12.6. The van der Waals surface area contributed by atoms with Crippen LogP contribution in [0.25, 0.3) is 10.9 Å². The molecule has 22 heavy (non-hydrogen) atoms. The van der Waals surface area contributed by atoms with E-state index < -0.39 is 6.10 Å². The number of amides is 1. The third kappa shape index (κ3) is 2.96. The maximum Gasteiger partial charge on any atom is 0.263 e. The maximum atomic E-state index is 12.4. The zero-order chi connectivity index (χ0) is 15.7. The van der Waals surface area contributed by atoms with Gasteiger partial charge in [-0.2, -0.15) is 0 Å². The molecule has 118 valence electrons. The predicted molar refractivity (Wildman–Crippen MR) is 85.9 cm³/mol. The maximum absolute atomic E-state index is 12.4. The highest BCUT2D eigenvalue weighted by Crippen LogP contribution is 2.28. The highest BCUT2D eigenvalue weighted by Gasteiger charge is 2.25. The predicted octanol–water partition coefficient (Wildman–Crippen LogP) is 1.96. The summed E-state index contributed by atoms with van der Waals surface area (Å²) in [6.07, 6.45) is -0.574. The summed E-state index contributed by atoms with van der Waals surface area (Å²) >= 11 is 3.45. The summed E-state index contributed by atoms with van der Waals surface area (Å²) in [6.45, 7) is 4.15. The van der Waals surface area contributed by atoms with Crippen molar-refractivity contribution >= 4 is 32.7 Å². The van der Waals surface area contributed by atoms with Gasteiger partial charge in [-0.3, -0.25) is 9.48 Å². The van der Waals surface area contributed by atoms with Crippen molar-refractivity contribution < 1.29 is 14.3 Å². The number of carbonyl (C=O) groups is 1. The molecule has 0 radical (unpaired) electrons. The Kier molecular flexibility index (Phi) is 4.35. The highest BCUT2D eigenvalue weighted by molar-refractivity contribution is 9.10. The number of halogens is 1. The summed E-state index contributed by atoms with van der Waals surface area (Å²) in [5.74, 6) is 0.449. The van der Waals surface area contributed by atoms with Crippen molar-refractivity contribution in [2.45, 2.75) is 13.0 Å². The number of benzene rings is 1. The van der Waals surface area contributed by atoms with Crippen molar-refractivity contribution in [1.82, 2.24) is 14.7 Å². The number of hydrogen-bond acceptors (Lipinski definition) is 4. The number of aromatic nitrogens is 2. The van der Waals surface area contributed by atoms with E-state index in [0.29, 0.717) is 32.2 Å². The SMILES string of the molecule is C[C@H](Oc1nn(C)c2ccc(Br)cc12)C(=O)N1CCOCC1. The van der Waals surface area contributed by atoms with Gasteiger partial charge in [0.2, 0.25) is 5.88 Å². The number of nitrogens with zero attached hydrogens (tertiary/aromatic N) is 3. The summed E-state index contributed by atoms with van der Waals surface area (Å²) in [4.78, 5) is 14.2. The van der Waals surface area contributed by atoms with Crippen LogP contribution in [0.5, 0.6) is 5.88 Å². The average Bonchev–Trinajstić information content (AvgIpc) is 2.83. The molecular weight excluding hydrogens is 350 g/mol. The van der Waals surface area contributed by atoms with Gasteiger partial charge in [0.15, 0.2) is 6.10 Å². The lowest BCUT2D eigenvalue weighted by Gasteiger charge is -2.29. The Labute approximate surface area is 137 Å². The van der Waals surface area contributed by atoms with E-state index in [1.165, 1.54) is 0 Å². The molecule has 1 aliphatic rings. The van der Waals surface area contributed by atoms with Crippen LogP contribution in [0.15, 0.2) is 22.7 Å². The van der Waals surface area contributed by atoms with Crippen LogP contribution in [-0.2, 0) is 16.6 Å². The Morgan fingerprint density at radius 3 is 2.86 bits per heavy atom. The molecule has 1 saturated heterocycles. The van der Waals surface area contributed by atoms with E-state index >= 15 is 0 Å². The fourth-order valence-corrected chi connectivity index (χ4v) is 2.91. The minimum Gasteiger partial charge on any atom is -0.463 e. The molecule has 1 aromatic heterocycles. The van der Waals surface area contributed by atoms with Crippen molar-refractivity contribution in [2.24, 2.45) is 7.05 Å². The van der Waals surface area contributed by atoms with Gasteiger partial charge in [-0.1, -0.05) is 15.9 Å².